The van der Waals surface area contributed by atoms with Crippen molar-refractivity contribution in [3.05, 3.63) is 29.8 Å². The maximum absolute atomic E-state index is 12.0. The molecule has 0 aromatic heterocycles. The van der Waals surface area contributed by atoms with E-state index in [0.29, 0.717) is 5.92 Å². The summed E-state index contributed by atoms with van der Waals surface area (Å²) in [7, 11) is 0. The zero-order chi connectivity index (χ0) is 13.8. The van der Waals surface area contributed by atoms with E-state index in [4.69, 9.17) is 4.74 Å². The van der Waals surface area contributed by atoms with Crippen LogP contribution >= 0.6 is 0 Å². The Morgan fingerprint density at radius 3 is 3.10 bits per heavy atom. The van der Waals surface area contributed by atoms with Gasteiger partial charge in [-0.2, -0.15) is 0 Å². The molecule has 1 amide bonds. The van der Waals surface area contributed by atoms with E-state index in [9.17, 15) is 4.79 Å². The van der Waals surface area contributed by atoms with Crippen LogP contribution in [0, 0.1) is 0 Å². The summed E-state index contributed by atoms with van der Waals surface area (Å²) in [6.07, 6.45) is 3.78. The summed E-state index contributed by atoms with van der Waals surface area (Å²) >= 11 is 0. The molecule has 2 heterocycles. The van der Waals surface area contributed by atoms with Crippen LogP contribution in [0.3, 0.4) is 0 Å². The second-order valence-electron chi connectivity index (χ2n) is 5.60. The Balaban J connectivity index is 1.45. The first kappa shape index (κ1) is 13.4. The van der Waals surface area contributed by atoms with Gasteiger partial charge in [-0.25, -0.2) is 0 Å². The highest BCUT2D eigenvalue weighted by molar-refractivity contribution is 5.80. The summed E-state index contributed by atoms with van der Waals surface area (Å²) in [5.74, 6) is 0.558. The van der Waals surface area contributed by atoms with E-state index >= 15 is 0 Å². The van der Waals surface area contributed by atoms with Crippen molar-refractivity contribution in [2.45, 2.75) is 37.7 Å². The van der Waals surface area contributed by atoms with Crippen molar-refractivity contribution >= 4 is 11.6 Å². The van der Waals surface area contributed by atoms with Crippen molar-refractivity contribution in [2.24, 2.45) is 0 Å². The molecule has 2 atom stereocenters. The van der Waals surface area contributed by atoms with Gasteiger partial charge < -0.3 is 15.4 Å². The molecule has 2 unspecified atom stereocenters. The Bertz CT molecular complexity index is 469. The van der Waals surface area contributed by atoms with Gasteiger partial charge >= 0.3 is 0 Å². The van der Waals surface area contributed by atoms with Crippen LogP contribution in [0.15, 0.2) is 24.3 Å². The van der Waals surface area contributed by atoms with Crippen LogP contribution in [0.1, 0.15) is 37.2 Å². The van der Waals surface area contributed by atoms with Crippen LogP contribution in [0.2, 0.25) is 0 Å². The molecule has 2 aliphatic heterocycles. The molecule has 0 saturated carbocycles. The van der Waals surface area contributed by atoms with Gasteiger partial charge in [0.05, 0.1) is 0 Å². The Morgan fingerprint density at radius 2 is 2.25 bits per heavy atom. The number of rotatable bonds is 4. The van der Waals surface area contributed by atoms with Crippen LogP contribution in [-0.4, -0.2) is 31.7 Å². The first-order valence-corrected chi connectivity index (χ1v) is 7.57. The van der Waals surface area contributed by atoms with E-state index < -0.39 is 0 Å². The van der Waals surface area contributed by atoms with Crippen LogP contribution in [0.4, 0.5) is 5.69 Å². The number of hydrogen-bond acceptors (Lipinski definition) is 3. The van der Waals surface area contributed by atoms with E-state index in [1.807, 2.05) is 0 Å². The molecule has 2 aliphatic rings. The van der Waals surface area contributed by atoms with E-state index in [1.165, 1.54) is 11.3 Å². The van der Waals surface area contributed by atoms with Gasteiger partial charge in [-0.05, 0) is 37.3 Å². The number of fused-ring (bicyclic) bond motifs is 1. The van der Waals surface area contributed by atoms with Crippen LogP contribution in [-0.2, 0) is 9.53 Å². The van der Waals surface area contributed by atoms with E-state index in [1.54, 1.807) is 0 Å². The summed E-state index contributed by atoms with van der Waals surface area (Å²) in [6, 6.07) is 8.42. The maximum Gasteiger partial charge on any atom is 0.249 e. The highest BCUT2D eigenvalue weighted by atomic mass is 16.5. The van der Waals surface area contributed by atoms with Crippen LogP contribution < -0.4 is 10.6 Å². The fourth-order valence-electron chi connectivity index (χ4n) is 3.05. The molecule has 0 radical (unpaired) electrons. The summed E-state index contributed by atoms with van der Waals surface area (Å²) in [5, 5.41) is 6.43. The number of nitrogens with one attached hydrogen (secondary N) is 2. The summed E-state index contributed by atoms with van der Waals surface area (Å²) in [6.45, 7) is 2.41. The smallest absolute Gasteiger partial charge is 0.249 e. The van der Waals surface area contributed by atoms with Crippen molar-refractivity contribution in [3.8, 4) is 0 Å². The molecule has 2 N–H and O–H groups in total. The minimum atomic E-state index is -0.224. The zero-order valence-corrected chi connectivity index (χ0v) is 11.7. The molecule has 20 heavy (non-hydrogen) atoms. The van der Waals surface area contributed by atoms with Gasteiger partial charge in [0.1, 0.15) is 6.10 Å². The molecule has 3 rings (SSSR count). The Labute approximate surface area is 119 Å². The normalized spacial score (nSPS) is 24.8. The fourth-order valence-corrected chi connectivity index (χ4v) is 3.05. The highest BCUT2D eigenvalue weighted by Crippen LogP contribution is 2.32. The Hall–Kier alpha value is -1.55. The van der Waals surface area contributed by atoms with Crippen molar-refractivity contribution in [2.75, 3.05) is 25.0 Å². The van der Waals surface area contributed by atoms with Crippen molar-refractivity contribution in [3.63, 3.8) is 0 Å². The molecule has 1 saturated heterocycles. The summed E-state index contributed by atoms with van der Waals surface area (Å²) in [5.41, 5.74) is 2.61. The third-order valence-corrected chi connectivity index (χ3v) is 4.20. The van der Waals surface area contributed by atoms with Gasteiger partial charge in [0.2, 0.25) is 5.91 Å². The number of anilines is 1. The largest absolute Gasteiger partial charge is 0.384 e. The topological polar surface area (TPSA) is 50.4 Å². The van der Waals surface area contributed by atoms with Gasteiger partial charge in [0.25, 0.3) is 0 Å². The first-order valence-electron chi connectivity index (χ1n) is 7.57. The van der Waals surface area contributed by atoms with Crippen LogP contribution in [0.5, 0.6) is 0 Å². The second-order valence-corrected chi connectivity index (χ2v) is 5.60. The molecule has 0 spiro atoms. The summed E-state index contributed by atoms with van der Waals surface area (Å²) in [4.78, 5) is 12.0. The lowest BCUT2D eigenvalue weighted by Crippen LogP contribution is -2.39. The molecule has 1 aromatic rings. The third-order valence-electron chi connectivity index (χ3n) is 4.20. The highest BCUT2D eigenvalue weighted by Gasteiger charge is 2.23. The molecular weight excluding hydrogens is 252 g/mol. The predicted molar refractivity (Wildman–Crippen MR) is 78.9 cm³/mol. The molecule has 0 aliphatic carbocycles. The lowest BCUT2D eigenvalue weighted by Gasteiger charge is -2.22. The molecule has 4 heteroatoms. The molecule has 0 bridgehead atoms. The molecule has 1 fully saturated rings. The van der Waals surface area contributed by atoms with Gasteiger partial charge in [0.15, 0.2) is 0 Å². The van der Waals surface area contributed by atoms with Gasteiger partial charge in [-0.15, -0.1) is 0 Å². The Morgan fingerprint density at radius 1 is 1.35 bits per heavy atom. The third kappa shape index (κ3) is 2.96. The number of ether oxygens (including phenoxy) is 1. The number of para-hydroxylation sites is 1. The average molecular weight is 274 g/mol. The Kier molecular flexibility index (Phi) is 4.21. The minimum Gasteiger partial charge on any atom is -0.384 e. The van der Waals surface area contributed by atoms with Gasteiger partial charge in [0, 0.05) is 31.3 Å². The standard InChI is InChI=1S/C16H22N2O2/c19-16(15-7-3-4-10-20-15)17-9-8-12-11-18-14-6-2-1-5-13(12)14/h1-2,5-6,12,15,18H,3-4,7-11H2,(H,17,19). The predicted octanol–water partition coefficient (Wildman–Crippen LogP) is 2.27. The number of benzene rings is 1. The van der Waals surface area contributed by atoms with E-state index in [-0.39, 0.29) is 12.0 Å². The average Bonchev–Trinajstić information content (AvgIpc) is 2.92. The number of carbonyl (C=O) groups excluding carboxylic acids is 1. The monoisotopic (exact) mass is 274 g/mol. The van der Waals surface area contributed by atoms with Crippen molar-refractivity contribution in [1.82, 2.24) is 5.32 Å². The van der Waals surface area contributed by atoms with Crippen LogP contribution in [0.25, 0.3) is 0 Å². The van der Waals surface area contributed by atoms with E-state index in [0.717, 1.165) is 45.4 Å². The molecule has 4 nitrogen and oxygen atoms in total. The van der Waals surface area contributed by atoms with Gasteiger partial charge in [-0.3, -0.25) is 4.79 Å². The van der Waals surface area contributed by atoms with Crippen molar-refractivity contribution in [1.29, 1.82) is 0 Å². The zero-order valence-electron chi connectivity index (χ0n) is 11.7. The summed E-state index contributed by atoms with van der Waals surface area (Å²) < 4.78 is 5.49. The SMILES string of the molecule is O=C(NCCC1CNc2ccccc21)C1CCCCO1. The van der Waals surface area contributed by atoms with Gasteiger partial charge in [-0.1, -0.05) is 18.2 Å². The molecule has 108 valence electrons. The maximum atomic E-state index is 12.0. The quantitative estimate of drug-likeness (QED) is 0.885. The number of hydrogen-bond donors (Lipinski definition) is 2. The van der Waals surface area contributed by atoms with Crippen molar-refractivity contribution < 1.29 is 9.53 Å². The number of amides is 1. The van der Waals surface area contributed by atoms with E-state index in [2.05, 4.69) is 34.9 Å². The fraction of sp³-hybridized carbons (Fsp3) is 0.562. The lowest BCUT2D eigenvalue weighted by molar-refractivity contribution is -0.135. The second kappa shape index (κ2) is 6.27. The minimum absolute atomic E-state index is 0.0592. The first-order chi connectivity index (χ1) is 9.84. The molecular formula is C16H22N2O2. The lowest BCUT2D eigenvalue weighted by atomic mass is 9.98. The number of carbonyl (C=O) groups is 1. The molecule has 1 aromatic carbocycles.